The quantitative estimate of drug-likeness (QED) is 0.793. The van der Waals surface area contributed by atoms with Crippen LogP contribution >= 0.6 is 0 Å². The van der Waals surface area contributed by atoms with Crippen molar-refractivity contribution >= 4 is 5.97 Å². The number of benzene rings is 1. The smallest absolute Gasteiger partial charge is 0.321 e. The van der Waals surface area contributed by atoms with Crippen LogP contribution in [0.25, 0.3) is 0 Å². The number of aryl methyl sites for hydroxylation is 1. The maximum atomic E-state index is 11.3. The molecule has 104 valence electrons. The first-order chi connectivity index (χ1) is 9.69. The maximum absolute atomic E-state index is 11.3. The van der Waals surface area contributed by atoms with Crippen molar-refractivity contribution in [1.29, 1.82) is 0 Å². The fraction of sp³-hybridized carbons (Fsp3) is 0.333. The Morgan fingerprint density at radius 2 is 2.15 bits per heavy atom. The first kappa shape index (κ1) is 12.9. The summed E-state index contributed by atoms with van der Waals surface area (Å²) in [5, 5.41) is 12.4. The number of H-pyrrole nitrogens is 1. The van der Waals surface area contributed by atoms with Crippen LogP contribution in [-0.4, -0.2) is 27.1 Å². The number of carbonyl (C=O) groups is 1. The molecule has 0 fully saturated rings. The van der Waals surface area contributed by atoms with E-state index in [4.69, 9.17) is 0 Å². The van der Waals surface area contributed by atoms with Gasteiger partial charge in [-0.15, -0.1) is 0 Å². The fourth-order valence-electron chi connectivity index (χ4n) is 2.65. The van der Waals surface area contributed by atoms with Gasteiger partial charge in [-0.05, 0) is 17.5 Å². The van der Waals surface area contributed by atoms with E-state index in [0.717, 1.165) is 23.4 Å². The van der Waals surface area contributed by atoms with Gasteiger partial charge in [0.25, 0.3) is 0 Å². The summed E-state index contributed by atoms with van der Waals surface area (Å²) in [7, 11) is 0. The van der Waals surface area contributed by atoms with Crippen molar-refractivity contribution in [2.24, 2.45) is 0 Å². The van der Waals surface area contributed by atoms with E-state index in [1.54, 1.807) is 6.33 Å². The highest BCUT2D eigenvalue weighted by molar-refractivity contribution is 5.74. The predicted molar refractivity (Wildman–Crippen MR) is 74.5 cm³/mol. The summed E-state index contributed by atoms with van der Waals surface area (Å²) in [6.45, 7) is 2.11. The van der Waals surface area contributed by atoms with Crippen molar-refractivity contribution < 1.29 is 9.90 Å². The second kappa shape index (κ2) is 5.09. The van der Waals surface area contributed by atoms with Crippen molar-refractivity contribution in [3.8, 4) is 0 Å². The lowest BCUT2D eigenvalue weighted by Crippen LogP contribution is -2.45. The third-order valence-corrected chi connectivity index (χ3v) is 3.82. The van der Waals surface area contributed by atoms with Gasteiger partial charge in [-0.3, -0.25) is 10.1 Å². The highest BCUT2D eigenvalue weighted by Crippen LogP contribution is 2.28. The zero-order valence-electron chi connectivity index (χ0n) is 11.3. The third-order valence-electron chi connectivity index (χ3n) is 3.82. The molecule has 5 nitrogen and oxygen atoms in total. The molecule has 3 rings (SSSR count). The average molecular weight is 271 g/mol. The largest absolute Gasteiger partial charge is 0.480 e. The standard InChI is InChI=1S/C15H17N3O2/c1-2-9-3-5-10(6-4-9)13-14-11(16-8-17-14)7-12(18-13)15(19)20/h3-6,8,12-13,18H,2,7H2,1H3,(H,16,17)(H,19,20)/t12-,13-/m1/s1. The Kier molecular flexibility index (Phi) is 3.28. The van der Waals surface area contributed by atoms with Crippen LogP contribution in [0.15, 0.2) is 30.6 Å². The molecule has 1 aromatic carbocycles. The van der Waals surface area contributed by atoms with Gasteiger partial charge in [-0.2, -0.15) is 0 Å². The third kappa shape index (κ3) is 2.20. The maximum Gasteiger partial charge on any atom is 0.321 e. The van der Waals surface area contributed by atoms with Gasteiger partial charge in [0.05, 0.1) is 18.1 Å². The zero-order chi connectivity index (χ0) is 14.1. The lowest BCUT2D eigenvalue weighted by atomic mass is 9.93. The van der Waals surface area contributed by atoms with Gasteiger partial charge in [-0.25, -0.2) is 4.98 Å². The number of nitrogens with one attached hydrogen (secondary N) is 2. The van der Waals surface area contributed by atoms with E-state index >= 15 is 0 Å². The van der Waals surface area contributed by atoms with Crippen LogP contribution in [0.2, 0.25) is 0 Å². The van der Waals surface area contributed by atoms with E-state index < -0.39 is 12.0 Å². The van der Waals surface area contributed by atoms with Gasteiger partial charge in [0.15, 0.2) is 0 Å². The molecule has 5 heteroatoms. The summed E-state index contributed by atoms with van der Waals surface area (Å²) in [5.41, 5.74) is 4.11. The van der Waals surface area contributed by atoms with Gasteiger partial charge < -0.3 is 10.1 Å². The number of rotatable bonds is 3. The van der Waals surface area contributed by atoms with E-state index in [2.05, 4.69) is 34.3 Å². The van der Waals surface area contributed by atoms with Crippen molar-refractivity contribution in [2.45, 2.75) is 31.8 Å². The summed E-state index contributed by atoms with van der Waals surface area (Å²) in [6, 6.07) is 7.48. The Morgan fingerprint density at radius 1 is 1.40 bits per heavy atom. The van der Waals surface area contributed by atoms with Crippen LogP contribution < -0.4 is 5.32 Å². The van der Waals surface area contributed by atoms with Crippen LogP contribution in [0.3, 0.4) is 0 Å². The van der Waals surface area contributed by atoms with Crippen LogP contribution in [0.5, 0.6) is 0 Å². The van der Waals surface area contributed by atoms with Crippen LogP contribution in [0.1, 0.15) is 35.5 Å². The second-order valence-electron chi connectivity index (χ2n) is 5.06. The summed E-state index contributed by atoms with van der Waals surface area (Å²) in [4.78, 5) is 18.7. The molecule has 1 aromatic heterocycles. The van der Waals surface area contributed by atoms with Crippen LogP contribution in [-0.2, 0) is 17.6 Å². The summed E-state index contributed by atoms with van der Waals surface area (Å²) >= 11 is 0. The molecule has 0 bridgehead atoms. The molecular weight excluding hydrogens is 254 g/mol. The van der Waals surface area contributed by atoms with E-state index in [1.807, 2.05) is 12.1 Å². The Morgan fingerprint density at radius 3 is 2.80 bits per heavy atom. The number of hydrogen-bond donors (Lipinski definition) is 3. The Balaban J connectivity index is 1.97. The minimum atomic E-state index is -0.833. The number of hydrogen-bond acceptors (Lipinski definition) is 3. The topological polar surface area (TPSA) is 78.0 Å². The molecule has 0 unspecified atom stereocenters. The summed E-state index contributed by atoms with van der Waals surface area (Å²) < 4.78 is 0. The predicted octanol–water partition coefficient (Wildman–Crippen LogP) is 1.66. The fourth-order valence-corrected chi connectivity index (χ4v) is 2.65. The Labute approximate surface area is 117 Å². The molecule has 2 heterocycles. The van der Waals surface area contributed by atoms with Gasteiger partial charge >= 0.3 is 5.97 Å². The summed E-state index contributed by atoms with van der Waals surface area (Å²) in [6.07, 6.45) is 3.06. The van der Waals surface area contributed by atoms with Gasteiger partial charge in [-0.1, -0.05) is 31.2 Å². The number of carboxylic acids is 1. The van der Waals surface area contributed by atoms with Gasteiger partial charge in [0.2, 0.25) is 0 Å². The number of aliphatic carboxylic acids is 1. The van der Waals surface area contributed by atoms with Crippen LogP contribution in [0.4, 0.5) is 0 Å². The molecule has 1 aliphatic rings. The molecule has 0 spiro atoms. The van der Waals surface area contributed by atoms with E-state index in [0.29, 0.717) is 6.42 Å². The van der Waals surface area contributed by atoms with Gasteiger partial charge in [0, 0.05) is 12.1 Å². The SMILES string of the molecule is CCc1ccc([C@H]2N[C@@H](C(=O)O)Cc3[nH]cnc32)cc1. The molecule has 3 N–H and O–H groups in total. The molecule has 1 aliphatic heterocycles. The Bertz CT molecular complexity index is 618. The van der Waals surface area contributed by atoms with Crippen molar-refractivity contribution in [3.05, 3.63) is 53.1 Å². The van der Waals surface area contributed by atoms with E-state index in [-0.39, 0.29) is 6.04 Å². The summed E-state index contributed by atoms with van der Waals surface area (Å²) in [5.74, 6) is -0.833. The first-order valence-electron chi connectivity index (χ1n) is 6.79. The first-order valence-corrected chi connectivity index (χ1v) is 6.79. The highest BCUT2D eigenvalue weighted by Gasteiger charge is 2.32. The molecule has 20 heavy (non-hydrogen) atoms. The number of aromatic nitrogens is 2. The van der Waals surface area contributed by atoms with Crippen LogP contribution in [0, 0.1) is 0 Å². The molecule has 0 amide bonds. The minimum absolute atomic E-state index is 0.169. The molecule has 2 atom stereocenters. The normalized spacial score (nSPS) is 21.4. The van der Waals surface area contributed by atoms with Crippen molar-refractivity contribution in [3.63, 3.8) is 0 Å². The van der Waals surface area contributed by atoms with Crippen molar-refractivity contribution in [2.75, 3.05) is 0 Å². The second-order valence-corrected chi connectivity index (χ2v) is 5.06. The number of aromatic amines is 1. The molecule has 0 saturated heterocycles. The molecule has 0 saturated carbocycles. The average Bonchev–Trinajstić information content (AvgIpc) is 2.94. The number of nitrogens with zero attached hydrogens (tertiary/aromatic N) is 1. The molecule has 2 aromatic rings. The number of carboxylic acid groups (broad SMARTS) is 1. The van der Waals surface area contributed by atoms with E-state index in [9.17, 15) is 9.90 Å². The Hall–Kier alpha value is -2.14. The molecular formula is C15H17N3O2. The number of fused-ring (bicyclic) bond motifs is 1. The van der Waals surface area contributed by atoms with Crippen molar-refractivity contribution in [1.82, 2.24) is 15.3 Å². The van der Waals surface area contributed by atoms with E-state index in [1.165, 1.54) is 5.56 Å². The molecule has 0 aliphatic carbocycles. The lowest BCUT2D eigenvalue weighted by Gasteiger charge is -2.28. The number of imidazole rings is 1. The monoisotopic (exact) mass is 271 g/mol. The lowest BCUT2D eigenvalue weighted by molar-refractivity contribution is -0.139. The zero-order valence-corrected chi connectivity index (χ0v) is 11.3. The minimum Gasteiger partial charge on any atom is -0.480 e. The molecule has 0 radical (unpaired) electrons. The highest BCUT2D eigenvalue weighted by atomic mass is 16.4. The van der Waals surface area contributed by atoms with Gasteiger partial charge in [0.1, 0.15) is 6.04 Å².